The summed E-state index contributed by atoms with van der Waals surface area (Å²) >= 11 is 0. The van der Waals surface area contributed by atoms with Gasteiger partial charge in [-0.2, -0.15) is 5.21 Å². The molecule has 0 amide bonds. The van der Waals surface area contributed by atoms with Gasteiger partial charge in [0.15, 0.2) is 11.2 Å². The third-order valence-corrected chi connectivity index (χ3v) is 6.80. The summed E-state index contributed by atoms with van der Waals surface area (Å²) in [5.41, 5.74) is 3.62. The van der Waals surface area contributed by atoms with Crippen LogP contribution in [0.1, 0.15) is 31.5 Å². The second-order valence-electron chi connectivity index (χ2n) is 9.06. The zero-order valence-electron chi connectivity index (χ0n) is 22.3. The summed E-state index contributed by atoms with van der Waals surface area (Å²) < 4.78 is 15.1. The van der Waals surface area contributed by atoms with Crippen molar-refractivity contribution in [1.82, 2.24) is 39.3 Å². The van der Waals surface area contributed by atoms with Crippen LogP contribution in [0.15, 0.2) is 58.1 Å². The van der Waals surface area contributed by atoms with Crippen LogP contribution in [-0.2, 0) is 29.0 Å². The quantitative estimate of drug-likeness (QED) is 0.291. The molecule has 0 aliphatic rings. The van der Waals surface area contributed by atoms with Gasteiger partial charge in [-0.15, -0.1) is 10.2 Å². The monoisotopic (exact) mass is 530 g/mol. The van der Waals surface area contributed by atoms with Gasteiger partial charge in [-0.1, -0.05) is 55.5 Å². The van der Waals surface area contributed by atoms with Crippen LogP contribution in [0.4, 0.5) is 0 Å². The molecule has 5 rings (SSSR count). The predicted octanol–water partition coefficient (Wildman–Crippen LogP) is 2.63. The maximum atomic E-state index is 13.7. The topological polar surface area (TPSA) is 135 Å². The zero-order chi connectivity index (χ0) is 27.5. The first-order valence-electron chi connectivity index (χ1n) is 12.7. The lowest BCUT2D eigenvalue weighted by atomic mass is 9.98. The lowest BCUT2D eigenvalue weighted by molar-refractivity contribution is 0.0526. The number of nitrogens with zero attached hydrogens (tertiary/aromatic N) is 7. The first-order chi connectivity index (χ1) is 19.0. The van der Waals surface area contributed by atoms with Gasteiger partial charge in [-0.3, -0.25) is 9.36 Å². The average Bonchev–Trinajstić information content (AvgIpc) is 3.62. The number of aryl methyl sites for hydroxylation is 1. The highest BCUT2D eigenvalue weighted by Crippen LogP contribution is 2.30. The van der Waals surface area contributed by atoms with Crippen LogP contribution in [-0.4, -0.2) is 60.1 Å². The molecule has 12 nitrogen and oxygen atoms in total. The van der Waals surface area contributed by atoms with E-state index in [9.17, 15) is 9.59 Å². The summed E-state index contributed by atoms with van der Waals surface area (Å²) in [5.74, 6) is 1.23. The molecule has 3 heterocycles. The fourth-order valence-electron chi connectivity index (χ4n) is 4.73. The third kappa shape index (κ3) is 4.79. The van der Waals surface area contributed by atoms with E-state index in [1.165, 1.54) is 11.7 Å². The highest BCUT2D eigenvalue weighted by molar-refractivity contribution is 5.80. The number of ether oxygens (including phenoxy) is 2. The van der Waals surface area contributed by atoms with E-state index in [0.717, 1.165) is 26.8 Å². The molecule has 2 aromatic carbocycles. The molecule has 0 saturated carbocycles. The normalized spacial score (nSPS) is 12.3. The fourth-order valence-corrected chi connectivity index (χ4v) is 4.73. The molecule has 0 bridgehead atoms. The number of hydrogen-bond donors (Lipinski definition) is 1. The van der Waals surface area contributed by atoms with E-state index in [4.69, 9.17) is 14.5 Å². The Labute approximate surface area is 223 Å². The molecule has 0 saturated heterocycles. The Bertz CT molecular complexity index is 1700. The van der Waals surface area contributed by atoms with E-state index < -0.39 is 17.5 Å². The molecule has 1 atom stereocenters. The number of tetrazole rings is 1. The number of rotatable bonds is 10. The van der Waals surface area contributed by atoms with Crippen LogP contribution < -0.4 is 11.2 Å². The van der Waals surface area contributed by atoms with Crippen LogP contribution in [0.5, 0.6) is 0 Å². The lowest BCUT2D eigenvalue weighted by Gasteiger charge is -2.16. The van der Waals surface area contributed by atoms with E-state index in [0.29, 0.717) is 42.4 Å². The zero-order valence-corrected chi connectivity index (χ0v) is 22.3. The highest BCUT2D eigenvalue weighted by atomic mass is 16.5. The number of methoxy groups -OCH3 is 2. The Morgan fingerprint density at radius 3 is 2.38 bits per heavy atom. The van der Waals surface area contributed by atoms with Crippen LogP contribution >= 0.6 is 0 Å². The average molecular weight is 531 g/mol. The molecule has 0 fully saturated rings. The smallest absolute Gasteiger partial charge is 0.334 e. The van der Waals surface area contributed by atoms with Crippen LogP contribution in [0.25, 0.3) is 33.7 Å². The highest BCUT2D eigenvalue weighted by Gasteiger charge is 2.23. The van der Waals surface area contributed by atoms with Gasteiger partial charge in [0.25, 0.3) is 5.56 Å². The first-order valence-corrected chi connectivity index (χ1v) is 12.7. The number of fused-ring (bicyclic) bond motifs is 1. The largest absolute Gasteiger partial charge is 0.383 e. The second kappa shape index (κ2) is 11.1. The van der Waals surface area contributed by atoms with E-state index in [1.807, 2.05) is 60.0 Å². The van der Waals surface area contributed by atoms with Gasteiger partial charge < -0.3 is 14.0 Å². The van der Waals surface area contributed by atoms with Crippen molar-refractivity contribution in [2.24, 2.45) is 0 Å². The summed E-state index contributed by atoms with van der Waals surface area (Å²) in [6, 6.07) is 16.0. The van der Waals surface area contributed by atoms with Gasteiger partial charge >= 0.3 is 5.69 Å². The minimum atomic E-state index is -0.741. The SMILES string of the molecule is CCc1nc2c(c(=O)n(C(C)OC)c(=O)n2CCOC)n1Cc1ccc(-c2ccccc2-c2nn[nH]n2)cc1. The van der Waals surface area contributed by atoms with Crippen molar-refractivity contribution in [1.29, 1.82) is 0 Å². The standard InChI is InChI=1S/C27H30N8O4/c1-5-22-28-25-23(26(36)35(17(2)39-4)27(37)33(25)14-15-38-3)34(22)16-18-10-12-19(13-11-18)20-8-6-7-9-21(20)24-29-31-32-30-24/h6-13,17H,5,14-16H2,1-4H3,(H,29,30,31,32). The summed E-state index contributed by atoms with van der Waals surface area (Å²) in [4.78, 5) is 31.7. The van der Waals surface area contributed by atoms with Crippen molar-refractivity contribution in [2.75, 3.05) is 20.8 Å². The van der Waals surface area contributed by atoms with E-state index >= 15 is 0 Å². The van der Waals surface area contributed by atoms with Gasteiger partial charge in [0.05, 0.1) is 13.2 Å². The Morgan fingerprint density at radius 2 is 1.74 bits per heavy atom. The van der Waals surface area contributed by atoms with Crippen LogP contribution in [0, 0.1) is 0 Å². The molecular formula is C27H30N8O4. The number of hydrogen-bond acceptors (Lipinski definition) is 8. The maximum Gasteiger partial charge on any atom is 0.334 e. The van der Waals surface area contributed by atoms with Crippen molar-refractivity contribution >= 4 is 11.2 Å². The molecule has 39 heavy (non-hydrogen) atoms. The molecule has 1 N–H and O–H groups in total. The second-order valence-corrected chi connectivity index (χ2v) is 9.06. The van der Waals surface area contributed by atoms with Crippen molar-refractivity contribution < 1.29 is 9.47 Å². The minimum absolute atomic E-state index is 0.261. The van der Waals surface area contributed by atoms with Crippen LogP contribution in [0.2, 0.25) is 0 Å². The molecule has 202 valence electrons. The number of H-pyrrole nitrogens is 1. The Hall–Kier alpha value is -4.42. The molecule has 0 aliphatic heterocycles. The molecule has 1 unspecified atom stereocenters. The number of aromatic nitrogens is 8. The minimum Gasteiger partial charge on any atom is -0.383 e. The third-order valence-electron chi connectivity index (χ3n) is 6.80. The van der Waals surface area contributed by atoms with Gasteiger partial charge in [-0.25, -0.2) is 14.3 Å². The molecular weight excluding hydrogens is 500 g/mol. The summed E-state index contributed by atoms with van der Waals surface area (Å²) in [6.07, 6.45) is -0.155. The number of imidazole rings is 1. The molecule has 0 radical (unpaired) electrons. The van der Waals surface area contributed by atoms with Crippen molar-refractivity contribution in [3.8, 4) is 22.5 Å². The van der Waals surface area contributed by atoms with Gasteiger partial charge in [0, 0.05) is 32.7 Å². The van der Waals surface area contributed by atoms with Gasteiger partial charge in [-0.05, 0) is 28.8 Å². The number of benzene rings is 2. The Kier molecular flexibility index (Phi) is 7.48. The summed E-state index contributed by atoms with van der Waals surface area (Å²) in [5, 5.41) is 14.4. The van der Waals surface area contributed by atoms with Crippen LogP contribution in [0.3, 0.4) is 0 Å². The number of nitrogens with one attached hydrogen (secondary N) is 1. The summed E-state index contributed by atoms with van der Waals surface area (Å²) in [6.45, 7) is 4.61. The molecule has 0 aliphatic carbocycles. The lowest BCUT2D eigenvalue weighted by Crippen LogP contribution is -2.43. The molecule has 0 spiro atoms. The van der Waals surface area contributed by atoms with Crippen molar-refractivity contribution in [3.05, 3.63) is 80.8 Å². The van der Waals surface area contributed by atoms with Crippen molar-refractivity contribution in [2.45, 2.75) is 39.6 Å². The molecule has 3 aromatic heterocycles. The Balaban J connectivity index is 1.59. The summed E-state index contributed by atoms with van der Waals surface area (Å²) in [7, 11) is 3.03. The van der Waals surface area contributed by atoms with E-state index in [1.54, 1.807) is 14.0 Å². The van der Waals surface area contributed by atoms with E-state index in [-0.39, 0.29) is 6.54 Å². The fraction of sp³-hybridized carbons (Fsp3) is 0.333. The van der Waals surface area contributed by atoms with Gasteiger partial charge in [0.1, 0.15) is 12.1 Å². The molecule has 12 heteroatoms. The first kappa shape index (κ1) is 26.2. The number of aromatic amines is 1. The van der Waals surface area contributed by atoms with Gasteiger partial charge in [0.2, 0.25) is 5.82 Å². The van der Waals surface area contributed by atoms with Crippen molar-refractivity contribution in [3.63, 3.8) is 0 Å². The maximum absolute atomic E-state index is 13.7. The van der Waals surface area contributed by atoms with E-state index in [2.05, 4.69) is 20.6 Å². The molecule has 5 aromatic rings. The Morgan fingerprint density at radius 1 is 1.00 bits per heavy atom. The predicted molar refractivity (Wildman–Crippen MR) is 145 cm³/mol.